The topological polar surface area (TPSA) is 66.5 Å². The molecular weight excluding hydrogens is 384 g/mol. The molecule has 1 fully saturated rings. The molecule has 2 aromatic carbocycles. The normalized spacial score (nSPS) is 21.0. The summed E-state index contributed by atoms with van der Waals surface area (Å²) in [5, 5.41) is 3.10. The maximum atomic E-state index is 12.9. The van der Waals surface area contributed by atoms with Gasteiger partial charge in [-0.25, -0.2) is 8.42 Å². The number of nitrogens with one attached hydrogen (secondary N) is 1. The first kappa shape index (κ1) is 19.9. The number of nitrogens with zero attached hydrogens (tertiary/aromatic N) is 1. The van der Waals surface area contributed by atoms with Gasteiger partial charge in [-0.15, -0.1) is 0 Å². The van der Waals surface area contributed by atoms with Gasteiger partial charge in [0.2, 0.25) is 10.0 Å². The molecule has 1 aliphatic rings. The van der Waals surface area contributed by atoms with E-state index in [1.54, 1.807) is 40.7 Å². The van der Waals surface area contributed by atoms with Crippen molar-refractivity contribution in [1.29, 1.82) is 0 Å². The molecule has 2 unspecified atom stereocenters. The smallest absolute Gasteiger partial charge is 0.257 e. The number of hydrogen-bond acceptors (Lipinski definition) is 3. The number of rotatable bonds is 4. The molecule has 0 saturated carbocycles. The average Bonchev–Trinajstić information content (AvgIpc) is 2.61. The summed E-state index contributed by atoms with van der Waals surface area (Å²) in [5.74, 6) is 0.352. The molecule has 1 aliphatic heterocycles. The molecule has 2 atom stereocenters. The van der Waals surface area contributed by atoms with Gasteiger partial charge in [0.15, 0.2) is 0 Å². The Hall–Kier alpha value is -1.89. The maximum Gasteiger partial charge on any atom is 0.257 e. The third-order valence-corrected chi connectivity index (χ3v) is 6.88. The minimum absolute atomic E-state index is 0.236. The zero-order valence-electron chi connectivity index (χ0n) is 15.4. The Balaban J connectivity index is 1.75. The van der Waals surface area contributed by atoms with E-state index in [0.717, 1.165) is 6.42 Å². The minimum Gasteiger partial charge on any atom is -0.322 e. The van der Waals surface area contributed by atoms with Crippen molar-refractivity contribution in [2.24, 2.45) is 11.8 Å². The lowest BCUT2D eigenvalue weighted by atomic mass is 9.94. The van der Waals surface area contributed by atoms with E-state index >= 15 is 0 Å². The van der Waals surface area contributed by atoms with Crippen LogP contribution in [0, 0.1) is 11.8 Å². The summed E-state index contributed by atoms with van der Waals surface area (Å²) in [6.45, 7) is 5.23. The molecule has 3 rings (SSSR count). The summed E-state index contributed by atoms with van der Waals surface area (Å²) in [7, 11) is -3.53. The first-order valence-electron chi connectivity index (χ1n) is 8.93. The van der Waals surface area contributed by atoms with Crippen LogP contribution in [0.1, 0.15) is 30.6 Å². The van der Waals surface area contributed by atoms with E-state index in [9.17, 15) is 13.2 Å². The number of piperidine rings is 1. The zero-order chi connectivity index (χ0) is 19.6. The lowest BCUT2D eigenvalue weighted by molar-refractivity contribution is 0.102. The summed E-state index contributed by atoms with van der Waals surface area (Å²) in [6, 6.07) is 13.0. The van der Waals surface area contributed by atoms with Gasteiger partial charge in [-0.05, 0) is 54.7 Å². The van der Waals surface area contributed by atoms with Gasteiger partial charge in [0.25, 0.3) is 5.91 Å². The molecule has 0 aromatic heterocycles. The van der Waals surface area contributed by atoms with Gasteiger partial charge in [-0.2, -0.15) is 4.31 Å². The number of hydrogen-bond donors (Lipinski definition) is 1. The SMILES string of the molecule is CC1CC(C)CN(S(=O)(=O)c2ccc(NC(=O)c3ccccc3Cl)cc2)C1. The highest BCUT2D eigenvalue weighted by molar-refractivity contribution is 7.89. The van der Waals surface area contributed by atoms with E-state index in [-0.39, 0.29) is 10.8 Å². The molecule has 1 amide bonds. The number of benzene rings is 2. The van der Waals surface area contributed by atoms with E-state index in [1.165, 1.54) is 12.1 Å². The van der Waals surface area contributed by atoms with Gasteiger partial charge in [0.05, 0.1) is 15.5 Å². The van der Waals surface area contributed by atoms with Gasteiger partial charge in [-0.1, -0.05) is 37.6 Å². The quantitative estimate of drug-likeness (QED) is 0.824. The van der Waals surface area contributed by atoms with Crippen molar-refractivity contribution < 1.29 is 13.2 Å². The fourth-order valence-electron chi connectivity index (χ4n) is 3.51. The Morgan fingerprint density at radius 1 is 1.04 bits per heavy atom. The van der Waals surface area contributed by atoms with Crippen LogP contribution < -0.4 is 5.32 Å². The molecule has 0 bridgehead atoms. The standard InChI is InChI=1S/C20H23ClN2O3S/c1-14-11-15(2)13-23(12-14)27(25,26)17-9-7-16(8-10-17)22-20(24)18-5-3-4-6-19(18)21/h3-10,14-15H,11-13H2,1-2H3,(H,22,24). The molecule has 0 radical (unpaired) electrons. The Morgan fingerprint density at radius 2 is 1.63 bits per heavy atom. The van der Waals surface area contributed by atoms with Gasteiger partial charge in [0.1, 0.15) is 0 Å². The molecule has 0 spiro atoms. The van der Waals surface area contributed by atoms with Crippen molar-refractivity contribution >= 4 is 33.2 Å². The summed E-state index contributed by atoms with van der Waals surface area (Å²) in [6.07, 6.45) is 1.04. The van der Waals surface area contributed by atoms with Crippen LogP contribution in [-0.4, -0.2) is 31.7 Å². The summed E-state index contributed by atoms with van der Waals surface area (Å²) in [4.78, 5) is 12.5. The zero-order valence-corrected chi connectivity index (χ0v) is 16.9. The van der Waals surface area contributed by atoms with Crippen LogP contribution in [0.5, 0.6) is 0 Å². The second kappa shape index (κ2) is 8.00. The van der Waals surface area contributed by atoms with Crippen LogP contribution in [0.25, 0.3) is 0 Å². The molecule has 5 nitrogen and oxygen atoms in total. The van der Waals surface area contributed by atoms with E-state index < -0.39 is 10.0 Å². The van der Waals surface area contributed by atoms with E-state index in [2.05, 4.69) is 19.2 Å². The number of carbonyl (C=O) groups is 1. The van der Waals surface area contributed by atoms with Crippen LogP contribution in [-0.2, 0) is 10.0 Å². The highest BCUT2D eigenvalue weighted by atomic mass is 35.5. The fourth-order valence-corrected chi connectivity index (χ4v) is 5.41. The monoisotopic (exact) mass is 406 g/mol. The lowest BCUT2D eigenvalue weighted by Crippen LogP contribution is -2.42. The molecule has 27 heavy (non-hydrogen) atoms. The number of halogens is 1. The van der Waals surface area contributed by atoms with Crippen molar-refractivity contribution in [3.05, 3.63) is 59.1 Å². The van der Waals surface area contributed by atoms with Crippen LogP contribution >= 0.6 is 11.6 Å². The van der Waals surface area contributed by atoms with Crippen LogP contribution in [0.2, 0.25) is 5.02 Å². The Labute approximate surface area is 165 Å². The maximum absolute atomic E-state index is 12.9. The van der Waals surface area contributed by atoms with Gasteiger partial charge in [0, 0.05) is 18.8 Å². The third kappa shape index (κ3) is 4.51. The summed E-state index contributed by atoms with van der Waals surface area (Å²) in [5.41, 5.74) is 0.881. The highest BCUT2D eigenvalue weighted by Gasteiger charge is 2.31. The molecule has 144 valence electrons. The van der Waals surface area contributed by atoms with E-state index in [0.29, 0.717) is 41.2 Å². The van der Waals surface area contributed by atoms with Gasteiger partial charge >= 0.3 is 0 Å². The van der Waals surface area contributed by atoms with Crippen molar-refractivity contribution in [3.8, 4) is 0 Å². The van der Waals surface area contributed by atoms with Crippen molar-refractivity contribution in [3.63, 3.8) is 0 Å². The Kier molecular flexibility index (Phi) is 5.89. The number of carbonyl (C=O) groups excluding carboxylic acids is 1. The number of amides is 1. The summed E-state index contributed by atoms with van der Waals surface area (Å²) < 4.78 is 27.4. The highest BCUT2D eigenvalue weighted by Crippen LogP contribution is 2.27. The molecule has 2 aromatic rings. The minimum atomic E-state index is -3.53. The summed E-state index contributed by atoms with van der Waals surface area (Å²) >= 11 is 6.03. The van der Waals surface area contributed by atoms with Crippen LogP contribution in [0.15, 0.2) is 53.4 Å². The number of anilines is 1. The fraction of sp³-hybridized carbons (Fsp3) is 0.350. The van der Waals surface area contributed by atoms with Crippen molar-refractivity contribution in [2.75, 3.05) is 18.4 Å². The molecule has 1 N–H and O–H groups in total. The Bertz CT molecular complexity index is 918. The van der Waals surface area contributed by atoms with Crippen molar-refractivity contribution in [2.45, 2.75) is 25.2 Å². The largest absolute Gasteiger partial charge is 0.322 e. The van der Waals surface area contributed by atoms with E-state index in [4.69, 9.17) is 11.6 Å². The molecule has 1 heterocycles. The second-order valence-corrected chi connectivity index (χ2v) is 9.57. The third-order valence-electron chi connectivity index (χ3n) is 4.70. The van der Waals surface area contributed by atoms with Gasteiger partial charge in [-0.3, -0.25) is 4.79 Å². The second-order valence-electron chi connectivity index (χ2n) is 7.23. The van der Waals surface area contributed by atoms with Crippen LogP contribution in [0.4, 0.5) is 5.69 Å². The van der Waals surface area contributed by atoms with Crippen LogP contribution in [0.3, 0.4) is 0 Å². The first-order valence-corrected chi connectivity index (χ1v) is 10.8. The Morgan fingerprint density at radius 3 is 2.22 bits per heavy atom. The predicted octanol–water partition coefficient (Wildman–Crippen LogP) is 4.26. The first-order chi connectivity index (χ1) is 12.8. The molecule has 7 heteroatoms. The number of sulfonamides is 1. The molecule has 1 saturated heterocycles. The van der Waals surface area contributed by atoms with Gasteiger partial charge < -0.3 is 5.32 Å². The molecule has 0 aliphatic carbocycles. The molecular formula is C20H23ClN2O3S. The van der Waals surface area contributed by atoms with Crippen molar-refractivity contribution in [1.82, 2.24) is 4.31 Å². The predicted molar refractivity (Wildman–Crippen MR) is 108 cm³/mol. The lowest BCUT2D eigenvalue weighted by Gasteiger charge is -2.34. The van der Waals surface area contributed by atoms with E-state index in [1.807, 2.05) is 0 Å². The average molecular weight is 407 g/mol.